The van der Waals surface area contributed by atoms with Crippen molar-refractivity contribution in [1.82, 2.24) is 15.3 Å². The fourth-order valence-electron chi connectivity index (χ4n) is 4.91. The number of rotatable bonds is 5. The van der Waals surface area contributed by atoms with E-state index in [-0.39, 0.29) is 18.1 Å². The maximum absolute atomic E-state index is 12.7. The van der Waals surface area contributed by atoms with Gasteiger partial charge >= 0.3 is 12.3 Å². The van der Waals surface area contributed by atoms with Crippen LogP contribution in [0, 0.1) is 17.8 Å². The van der Waals surface area contributed by atoms with E-state index >= 15 is 0 Å². The lowest BCUT2D eigenvalue weighted by Gasteiger charge is -2.38. The summed E-state index contributed by atoms with van der Waals surface area (Å²) in [6.07, 6.45) is 1.95. The van der Waals surface area contributed by atoms with Crippen LogP contribution >= 0.6 is 0 Å². The number of alkyl carbamates (subject to hydrolysis) is 1. The monoisotopic (exact) mass is 442 g/mol. The molecule has 1 heterocycles. The molecule has 2 fully saturated rings. The van der Waals surface area contributed by atoms with Gasteiger partial charge < -0.3 is 15.4 Å². The van der Waals surface area contributed by atoms with E-state index < -0.39 is 23.4 Å². The van der Waals surface area contributed by atoms with Crippen LogP contribution in [0.4, 0.5) is 23.9 Å². The quantitative estimate of drug-likeness (QED) is 0.638. The lowest BCUT2D eigenvalue weighted by Crippen LogP contribution is -2.53. The van der Waals surface area contributed by atoms with Crippen molar-refractivity contribution >= 4 is 12.0 Å². The van der Waals surface area contributed by atoms with Crippen LogP contribution < -0.4 is 10.6 Å². The molecule has 2 aliphatic rings. The third kappa shape index (κ3) is 5.80. The summed E-state index contributed by atoms with van der Waals surface area (Å²) >= 11 is 0. The SMILES string of the molecule is CC(C)C1CC[C@@H](C)CC1OC(=O)N[C@@H]1CCC[C@]1(C)Nc1ncc(C(F)(F)F)cn1. The van der Waals surface area contributed by atoms with Gasteiger partial charge in [-0.25, -0.2) is 14.8 Å². The van der Waals surface area contributed by atoms with Crippen LogP contribution in [0.2, 0.25) is 0 Å². The Kier molecular flexibility index (Phi) is 7.01. The van der Waals surface area contributed by atoms with Crippen LogP contribution in [-0.4, -0.2) is 33.7 Å². The molecule has 2 unspecified atom stereocenters. The summed E-state index contributed by atoms with van der Waals surface area (Å²) in [6.45, 7) is 8.44. The topological polar surface area (TPSA) is 76.1 Å². The molecule has 0 saturated heterocycles. The molecule has 31 heavy (non-hydrogen) atoms. The Hall–Kier alpha value is -2.06. The molecule has 3 rings (SSSR count). The number of aromatic nitrogens is 2. The van der Waals surface area contributed by atoms with Gasteiger partial charge in [0.15, 0.2) is 0 Å². The smallest absolute Gasteiger partial charge is 0.419 e. The van der Waals surface area contributed by atoms with Gasteiger partial charge in [-0.1, -0.05) is 27.2 Å². The summed E-state index contributed by atoms with van der Waals surface area (Å²) in [4.78, 5) is 20.3. The molecule has 0 aromatic carbocycles. The van der Waals surface area contributed by atoms with Crippen molar-refractivity contribution in [3.05, 3.63) is 18.0 Å². The van der Waals surface area contributed by atoms with Crippen molar-refractivity contribution in [1.29, 1.82) is 0 Å². The van der Waals surface area contributed by atoms with Gasteiger partial charge in [-0.2, -0.15) is 13.2 Å². The van der Waals surface area contributed by atoms with Gasteiger partial charge in [0, 0.05) is 12.4 Å². The number of carbonyl (C=O) groups is 1. The highest BCUT2D eigenvalue weighted by molar-refractivity contribution is 5.68. The molecule has 0 spiro atoms. The maximum atomic E-state index is 12.7. The van der Waals surface area contributed by atoms with Crippen molar-refractivity contribution < 1.29 is 22.7 Å². The molecular formula is C22H33F3N4O2. The van der Waals surface area contributed by atoms with Crippen molar-refractivity contribution in [2.75, 3.05) is 5.32 Å². The summed E-state index contributed by atoms with van der Waals surface area (Å²) in [5.41, 5.74) is -1.47. The molecular weight excluding hydrogens is 409 g/mol. The molecule has 0 aliphatic heterocycles. The van der Waals surface area contributed by atoms with E-state index in [1.807, 2.05) is 6.92 Å². The molecule has 174 valence electrons. The number of anilines is 1. The highest BCUT2D eigenvalue weighted by Gasteiger charge is 2.42. The molecule has 6 nitrogen and oxygen atoms in total. The summed E-state index contributed by atoms with van der Waals surface area (Å²) in [7, 11) is 0. The van der Waals surface area contributed by atoms with Crippen LogP contribution in [0.15, 0.2) is 12.4 Å². The zero-order chi connectivity index (χ0) is 22.8. The average molecular weight is 443 g/mol. The fraction of sp³-hybridized carbons (Fsp3) is 0.773. The van der Waals surface area contributed by atoms with Gasteiger partial charge in [-0.15, -0.1) is 0 Å². The first-order chi connectivity index (χ1) is 14.5. The van der Waals surface area contributed by atoms with E-state index in [1.165, 1.54) is 0 Å². The number of carbonyl (C=O) groups excluding carboxylic acids is 1. The number of ether oxygens (including phenoxy) is 1. The molecule has 5 atom stereocenters. The Balaban J connectivity index is 1.62. The van der Waals surface area contributed by atoms with E-state index in [2.05, 4.69) is 41.4 Å². The van der Waals surface area contributed by atoms with Gasteiger partial charge in [0.1, 0.15) is 6.10 Å². The van der Waals surface area contributed by atoms with E-state index in [1.54, 1.807) is 0 Å². The molecule has 1 aromatic rings. The van der Waals surface area contributed by atoms with Crippen molar-refractivity contribution in [3.8, 4) is 0 Å². The Labute approximate surface area is 181 Å². The third-order valence-electron chi connectivity index (χ3n) is 6.85. The molecule has 2 aliphatic carbocycles. The zero-order valence-corrected chi connectivity index (χ0v) is 18.6. The van der Waals surface area contributed by atoms with Crippen LogP contribution in [-0.2, 0) is 10.9 Å². The van der Waals surface area contributed by atoms with Crippen molar-refractivity contribution in [3.63, 3.8) is 0 Å². The molecule has 1 aromatic heterocycles. The van der Waals surface area contributed by atoms with E-state index in [0.717, 1.165) is 50.9 Å². The van der Waals surface area contributed by atoms with Crippen molar-refractivity contribution in [2.24, 2.45) is 17.8 Å². The first-order valence-corrected chi connectivity index (χ1v) is 11.1. The number of hydrogen-bond acceptors (Lipinski definition) is 5. The standard InChI is InChI=1S/C22H33F3N4O2/c1-13(2)16-8-7-14(3)10-17(16)31-20(30)28-18-6-5-9-21(18,4)29-19-26-11-15(12-27-19)22(23,24)25/h11-14,16-18H,5-10H2,1-4H3,(H,28,30)(H,26,27,29)/t14-,16?,17?,18-,21+/m1/s1. The fourth-order valence-corrected chi connectivity index (χ4v) is 4.91. The Bertz CT molecular complexity index is 756. The molecule has 0 radical (unpaired) electrons. The number of alkyl halides is 3. The van der Waals surface area contributed by atoms with E-state index in [9.17, 15) is 18.0 Å². The predicted octanol–water partition coefficient (Wildman–Crippen LogP) is 5.41. The number of halogens is 3. The molecule has 1 amide bonds. The van der Waals surface area contributed by atoms with E-state index in [4.69, 9.17) is 4.74 Å². The highest BCUT2D eigenvalue weighted by atomic mass is 19.4. The van der Waals surface area contributed by atoms with Gasteiger partial charge in [0.25, 0.3) is 0 Å². The van der Waals surface area contributed by atoms with Gasteiger partial charge in [-0.05, 0) is 56.8 Å². The second kappa shape index (κ2) is 9.20. The Morgan fingerprint density at radius 1 is 1.23 bits per heavy atom. The van der Waals surface area contributed by atoms with Gasteiger partial charge in [-0.3, -0.25) is 0 Å². The zero-order valence-electron chi connectivity index (χ0n) is 18.6. The second-order valence-electron chi connectivity index (χ2n) is 9.69. The molecule has 2 saturated carbocycles. The molecule has 9 heteroatoms. The van der Waals surface area contributed by atoms with Crippen molar-refractivity contribution in [2.45, 2.75) is 90.1 Å². The lowest BCUT2D eigenvalue weighted by atomic mass is 9.75. The summed E-state index contributed by atoms with van der Waals surface area (Å²) in [5, 5.41) is 6.12. The molecule has 0 bridgehead atoms. The molecule has 2 N–H and O–H groups in total. The van der Waals surface area contributed by atoms with Gasteiger partial charge in [0.05, 0.1) is 17.1 Å². The first kappa shape index (κ1) is 23.6. The number of amides is 1. The van der Waals surface area contributed by atoms with Crippen LogP contribution in [0.3, 0.4) is 0 Å². The van der Waals surface area contributed by atoms with Gasteiger partial charge in [0.2, 0.25) is 5.95 Å². The number of nitrogens with zero attached hydrogens (tertiary/aromatic N) is 2. The predicted molar refractivity (Wildman–Crippen MR) is 111 cm³/mol. The maximum Gasteiger partial charge on any atom is 0.419 e. The van der Waals surface area contributed by atoms with Crippen LogP contribution in [0.25, 0.3) is 0 Å². The highest BCUT2D eigenvalue weighted by Crippen LogP contribution is 2.36. The minimum absolute atomic E-state index is 0.0948. The summed E-state index contributed by atoms with van der Waals surface area (Å²) in [5.74, 6) is 1.44. The normalized spacial score (nSPS) is 31.5. The summed E-state index contributed by atoms with van der Waals surface area (Å²) < 4.78 is 44.1. The van der Waals surface area contributed by atoms with E-state index in [0.29, 0.717) is 17.8 Å². The van der Waals surface area contributed by atoms with Crippen LogP contribution in [0.1, 0.15) is 71.8 Å². The summed E-state index contributed by atoms with van der Waals surface area (Å²) in [6, 6.07) is -0.232. The van der Waals surface area contributed by atoms with Crippen LogP contribution in [0.5, 0.6) is 0 Å². The first-order valence-electron chi connectivity index (χ1n) is 11.1. The third-order valence-corrected chi connectivity index (χ3v) is 6.85. The minimum atomic E-state index is -4.48. The second-order valence-corrected chi connectivity index (χ2v) is 9.69. The average Bonchev–Trinajstić information content (AvgIpc) is 3.01. The Morgan fingerprint density at radius 2 is 1.90 bits per heavy atom. The number of nitrogens with one attached hydrogen (secondary N) is 2. The lowest BCUT2D eigenvalue weighted by molar-refractivity contribution is -0.138. The minimum Gasteiger partial charge on any atom is -0.446 e. The Morgan fingerprint density at radius 3 is 2.52 bits per heavy atom. The number of hydrogen-bond donors (Lipinski definition) is 2. The largest absolute Gasteiger partial charge is 0.446 e.